The van der Waals surface area contributed by atoms with E-state index in [1.165, 1.54) is 33.6 Å². The third kappa shape index (κ3) is 4.40. The SMILES string of the molecule is Nc1ncnc2c1ncn2[C@]1(F)CO[C@H](CO[P@@](=O)(S)O[C@@]2(n3ccc(=O)n4ccnc34)CO[C@H](CO)C2)[C@H]1O. The highest BCUT2D eigenvalue weighted by atomic mass is 32.7. The highest BCUT2D eigenvalue weighted by molar-refractivity contribution is 8.44. The van der Waals surface area contributed by atoms with E-state index >= 15 is 4.39 Å². The molecule has 0 aliphatic carbocycles. The minimum Gasteiger partial charge on any atom is -0.394 e. The lowest BCUT2D eigenvalue weighted by atomic mass is 10.1. The summed E-state index contributed by atoms with van der Waals surface area (Å²) in [6, 6.07) is 1.26. The summed E-state index contributed by atoms with van der Waals surface area (Å²) in [5, 5.41) is 20.5. The molecule has 40 heavy (non-hydrogen) atoms. The van der Waals surface area contributed by atoms with Gasteiger partial charge >= 0.3 is 6.80 Å². The standard InChI is InChI=1S/C21H24FN8O8PS/c22-21(30-11-27-15-17(23)25-10-26-18(15)30)9-36-13(16(21)33)7-37-39(34,40)38-20(5-12(6-31)35-8-20)29-3-1-14(32)28-4-2-24-19(28)29/h1-4,10-13,16,31,33H,5-9H2,(H,34,40)(H2,23,25,26)/t12-,13+,16+,20+,21+,39+/m0/s1. The fourth-order valence-electron chi connectivity index (χ4n) is 4.93. The van der Waals surface area contributed by atoms with Crippen LogP contribution in [0.25, 0.3) is 16.9 Å². The Morgan fingerprint density at radius 1 is 1.23 bits per heavy atom. The summed E-state index contributed by atoms with van der Waals surface area (Å²) in [5.41, 5.74) is 4.08. The number of aromatic nitrogens is 7. The second-order valence-electron chi connectivity index (χ2n) is 9.40. The second kappa shape index (κ2) is 9.85. The number of hydrogen-bond acceptors (Lipinski definition) is 13. The summed E-state index contributed by atoms with van der Waals surface area (Å²) in [6.45, 7) is -5.99. The van der Waals surface area contributed by atoms with Crippen molar-refractivity contribution in [3.8, 4) is 0 Å². The number of nitrogen functional groups attached to an aromatic ring is 1. The Balaban J connectivity index is 1.22. The van der Waals surface area contributed by atoms with Gasteiger partial charge in [0.05, 0.1) is 32.3 Å². The summed E-state index contributed by atoms with van der Waals surface area (Å²) in [6.07, 6.45) is 2.77. The molecule has 19 heteroatoms. The quantitative estimate of drug-likeness (QED) is 0.154. The van der Waals surface area contributed by atoms with Crippen LogP contribution in [-0.4, -0.2) is 88.4 Å². The maximum Gasteiger partial charge on any atom is 0.388 e. The van der Waals surface area contributed by atoms with E-state index in [0.29, 0.717) is 0 Å². The van der Waals surface area contributed by atoms with Gasteiger partial charge in [0.25, 0.3) is 5.56 Å². The summed E-state index contributed by atoms with van der Waals surface area (Å²) >= 11 is 4.10. The van der Waals surface area contributed by atoms with Gasteiger partial charge in [-0.2, -0.15) is 0 Å². The maximum atomic E-state index is 16.0. The number of nitrogens with two attached hydrogens (primary N) is 1. The minimum atomic E-state index is -4.28. The number of thiol groups is 1. The molecule has 2 saturated heterocycles. The predicted octanol–water partition coefficient (Wildman–Crippen LogP) is -0.195. The Morgan fingerprint density at radius 3 is 2.83 bits per heavy atom. The lowest BCUT2D eigenvalue weighted by molar-refractivity contribution is -0.0513. The van der Waals surface area contributed by atoms with E-state index in [-0.39, 0.29) is 48.0 Å². The Morgan fingerprint density at radius 2 is 2.05 bits per heavy atom. The number of ether oxygens (including phenoxy) is 2. The van der Waals surface area contributed by atoms with E-state index in [9.17, 15) is 19.6 Å². The van der Waals surface area contributed by atoms with Crippen molar-refractivity contribution in [2.24, 2.45) is 0 Å². The highest BCUT2D eigenvalue weighted by Gasteiger charge is 2.54. The van der Waals surface area contributed by atoms with Crippen molar-refractivity contribution in [1.82, 2.24) is 33.5 Å². The van der Waals surface area contributed by atoms with Crippen LogP contribution in [0.1, 0.15) is 6.42 Å². The van der Waals surface area contributed by atoms with Gasteiger partial charge < -0.3 is 25.4 Å². The number of imidazole rings is 2. The average Bonchev–Trinajstić information content (AvgIpc) is 3.71. The zero-order valence-corrected chi connectivity index (χ0v) is 22.3. The molecule has 0 unspecified atom stereocenters. The number of hydrogen-bond donors (Lipinski definition) is 4. The first-order chi connectivity index (χ1) is 19.1. The summed E-state index contributed by atoms with van der Waals surface area (Å²) in [5.74, 6) is -2.29. The van der Waals surface area contributed by atoms with Crippen LogP contribution in [-0.2, 0) is 34.6 Å². The van der Waals surface area contributed by atoms with Crippen molar-refractivity contribution in [3.05, 3.63) is 47.7 Å². The van der Waals surface area contributed by atoms with Gasteiger partial charge in [-0.25, -0.2) is 28.9 Å². The van der Waals surface area contributed by atoms with Crippen LogP contribution in [0.4, 0.5) is 10.2 Å². The molecular formula is C21H24FN8O8PS. The van der Waals surface area contributed by atoms with Gasteiger partial charge in [-0.1, -0.05) is 12.2 Å². The zero-order chi connectivity index (χ0) is 28.3. The summed E-state index contributed by atoms with van der Waals surface area (Å²) in [7, 11) is 0. The molecule has 0 spiro atoms. The zero-order valence-electron chi connectivity index (χ0n) is 20.6. The fourth-order valence-corrected chi connectivity index (χ4v) is 6.62. The lowest BCUT2D eigenvalue weighted by Gasteiger charge is -2.33. The molecule has 4 aromatic heterocycles. The van der Waals surface area contributed by atoms with Crippen molar-refractivity contribution in [1.29, 1.82) is 0 Å². The number of fused-ring (bicyclic) bond motifs is 2. The topological polar surface area (TPSA) is 203 Å². The molecule has 0 saturated carbocycles. The van der Waals surface area contributed by atoms with Gasteiger partial charge in [0.1, 0.15) is 30.7 Å². The molecule has 16 nitrogen and oxygen atoms in total. The molecule has 2 aliphatic rings. The molecule has 4 aromatic rings. The second-order valence-corrected chi connectivity index (χ2v) is 12.2. The molecule has 0 amide bonds. The molecule has 2 aliphatic heterocycles. The van der Waals surface area contributed by atoms with Gasteiger partial charge in [0, 0.05) is 31.1 Å². The Kier molecular flexibility index (Phi) is 6.70. The first-order valence-corrected chi connectivity index (χ1v) is 14.6. The minimum absolute atomic E-state index is 0.0115. The fraction of sp³-hybridized carbons (Fsp3) is 0.476. The van der Waals surface area contributed by atoms with Gasteiger partial charge in [-0.05, 0) is 0 Å². The molecule has 4 N–H and O–H groups in total. The van der Waals surface area contributed by atoms with Crippen LogP contribution in [0.2, 0.25) is 0 Å². The molecule has 214 valence electrons. The van der Waals surface area contributed by atoms with Crippen molar-refractivity contribution < 1.29 is 37.7 Å². The predicted molar refractivity (Wildman–Crippen MR) is 137 cm³/mol. The van der Waals surface area contributed by atoms with Crippen LogP contribution >= 0.6 is 19.0 Å². The van der Waals surface area contributed by atoms with Crippen LogP contribution in [0.15, 0.2) is 42.1 Å². The van der Waals surface area contributed by atoms with E-state index in [2.05, 4.69) is 32.2 Å². The molecule has 0 bridgehead atoms. The molecule has 6 atom stereocenters. The normalized spacial score (nSPS) is 30.4. The van der Waals surface area contributed by atoms with Crippen LogP contribution in [0.3, 0.4) is 0 Å². The number of rotatable bonds is 8. The average molecular weight is 599 g/mol. The highest BCUT2D eigenvalue weighted by Crippen LogP contribution is 2.59. The van der Waals surface area contributed by atoms with Gasteiger partial charge in [0.15, 0.2) is 17.2 Å². The number of aliphatic hydroxyl groups excluding tert-OH is 2. The third-order valence-corrected chi connectivity index (χ3v) is 8.57. The van der Waals surface area contributed by atoms with Crippen molar-refractivity contribution in [3.63, 3.8) is 0 Å². The van der Waals surface area contributed by atoms with E-state index in [1.54, 1.807) is 0 Å². The number of anilines is 1. The van der Waals surface area contributed by atoms with Crippen molar-refractivity contribution in [2.45, 2.75) is 36.3 Å². The first kappa shape index (κ1) is 27.2. The Labute approximate surface area is 229 Å². The van der Waals surface area contributed by atoms with Gasteiger partial charge in [0.2, 0.25) is 11.6 Å². The Hall–Kier alpha value is -2.96. The number of nitrogens with zero attached hydrogens (tertiary/aromatic N) is 7. The van der Waals surface area contributed by atoms with E-state index < -0.39 is 49.8 Å². The molecule has 0 aromatic carbocycles. The van der Waals surface area contributed by atoms with Gasteiger partial charge in [-0.15, -0.1) is 0 Å². The first-order valence-electron chi connectivity index (χ1n) is 12.0. The van der Waals surface area contributed by atoms with Crippen molar-refractivity contribution >= 4 is 41.8 Å². The molecule has 6 heterocycles. The summed E-state index contributed by atoms with van der Waals surface area (Å²) in [4.78, 5) is 28.3. The number of alkyl halides is 1. The van der Waals surface area contributed by atoms with Gasteiger partial charge in [-0.3, -0.25) is 27.4 Å². The van der Waals surface area contributed by atoms with E-state index in [4.69, 9.17) is 24.3 Å². The Bertz CT molecular complexity index is 1690. The molecule has 0 radical (unpaired) electrons. The van der Waals surface area contributed by atoms with Crippen LogP contribution in [0.5, 0.6) is 0 Å². The summed E-state index contributed by atoms with van der Waals surface area (Å²) < 4.78 is 55.6. The molecule has 6 rings (SSSR count). The lowest BCUT2D eigenvalue weighted by Crippen LogP contribution is -2.43. The van der Waals surface area contributed by atoms with Crippen molar-refractivity contribution in [2.75, 3.05) is 32.2 Å². The maximum absolute atomic E-state index is 16.0. The molecular weight excluding hydrogens is 574 g/mol. The van der Waals surface area contributed by atoms with E-state index in [1.807, 2.05) is 0 Å². The molecule has 2 fully saturated rings. The monoisotopic (exact) mass is 598 g/mol. The smallest absolute Gasteiger partial charge is 0.388 e. The number of halogens is 1. The van der Waals surface area contributed by atoms with Crippen LogP contribution in [0, 0.1) is 0 Å². The van der Waals surface area contributed by atoms with E-state index in [0.717, 1.165) is 17.2 Å². The van der Waals surface area contributed by atoms with Crippen LogP contribution < -0.4 is 11.3 Å². The number of aliphatic hydroxyl groups is 2. The third-order valence-electron chi connectivity index (χ3n) is 6.93. The largest absolute Gasteiger partial charge is 0.394 e.